The lowest BCUT2D eigenvalue weighted by atomic mass is 10.0. The molecule has 1 amide bonds. The summed E-state index contributed by atoms with van der Waals surface area (Å²) < 4.78 is 1.97. The molecule has 1 saturated carbocycles. The summed E-state index contributed by atoms with van der Waals surface area (Å²) in [6, 6.07) is 9.79. The third-order valence-corrected chi connectivity index (χ3v) is 5.32. The summed E-state index contributed by atoms with van der Waals surface area (Å²) in [6.45, 7) is 2.03. The number of carbonyl (C=O) groups is 1. The van der Waals surface area contributed by atoms with Crippen LogP contribution >= 0.6 is 0 Å². The Morgan fingerprint density at radius 3 is 2.92 bits per heavy atom. The second-order valence-electron chi connectivity index (χ2n) is 7.15. The largest absolute Gasteiger partial charge is 0.326 e. The smallest absolute Gasteiger partial charge is 0.234 e. The van der Waals surface area contributed by atoms with Crippen molar-refractivity contribution in [3.05, 3.63) is 48.4 Å². The average molecular weight is 348 g/mol. The van der Waals surface area contributed by atoms with Crippen LogP contribution in [0.3, 0.4) is 0 Å². The van der Waals surface area contributed by atoms with E-state index in [0.717, 1.165) is 35.0 Å². The number of hydrogen-bond acceptors (Lipinski definition) is 3. The SMILES string of the molecule is Cc1c(-c2cccc(NC(=O)CCC3CCCC3)c2)nc2ncccn12. The van der Waals surface area contributed by atoms with E-state index in [2.05, 4.69) is 15.3 Å². The van der Waals surface area contributed by atoms with Crippen molar-refractivity contribution < 1.29 is 4.79 Å². The van der Waals surface area contributed by atoms with Crippen LogP contribution in [0.25, 0.3) is 17.0 Å². The van der Waals surface area contributed by atoms with Crippen LogP contribution in [-0.4, -0.2) is 20.3 Å². The molecule has 0 radical (unpaired) electrons. The van der Waals surface area contributed by atoms with Crippen LogP contribution in [0.15, 0.2) is 42.7 Å². The number of nitrogens with one attached hydrogen (secondary N) is 1. The van der Waals surface area contributed by atoms with Gasteiger partial charge in [-0.1, -0.05) is 37.8 Å². The van der Waals surface area contributed by atoms with Crippen molar-refractivity contribution >= 4 is 17.4 Å². The molecule has 1 fully saturated rings. The molecule has 1 aromatic carbocycles. The van der Waals surface area contributed by atoms with Crippen LogP contribution in [0.1, 0.15) is 44.2 Å². The van der Waals surface area contributed by atoms with Gasteiger partial charge in [0.15, 0.2) is 0 Å². The Bertz CT molecular complexity index is 925. The topological polar surface area (TPSA) is 59.3 Å². The molecular formula is C21H24N4O. The molecule has 134 valence electrons. The summed E-state index contributed by atoms with van der Waals surface area (Å²) in [5.74, 6) is 1.52. The molecule has 1 aliphatic rings. The van der Waals surface area contributed by atoms with E-state index in [4.69, 9.17) is 0 Å². The van der Waals surface area contributed by atoms with E-state index in [1.54, 1.807) is 6.20 Å². The van der Waals surface area contributed by atoms with Gasteiger partial charge in [0, 0.05) is 35.8 Å². The molecule has 5 nitrogen and oxygen atoms in total. The van der Waals surface area contributed by atoms with E-state index in [0.29, 0.717) is 12.2 Å². The number of nitrogens with zero attached hydrogens (tertiary/aromatic N) is 3. The zero-order chi connectivity index (χ0) is 17.9. The predicted molar refractivity (Wildman–Crippen MR) is 103 cm³/mol. The number of benzene rings is 1. The molecule has 2 heterocycles. The Kier molecular flexibility index (Phi) is 4.69. The predicted octanol–water partition coefficient (Wildman–Crippen LogP) is 4.61. The third kappa shape index (κ3) is 3.47. The molecule has 0 saturated heterocycles. The van der Waals surface area contributed by atoms with Crippen LogP contribution in [0.4, 0.5) is 5.69 Å². The minimum absolute atomic E-state index is 0.0995. The Hall–Kier alpha value is -2.69. The summed E-state index contributed by atoms with van der Waals surface area (Å²) in [7, 11) is 0. The van der Waals surface area contributed by atoms with Gasteiger partial charge in [-0.25, -0.2) is 9.97 Å². The van der Waals surface area contributed by atoms with Crippen molar-refractivity contribution in [1.82, 2.24) is 14.4 Å². The van der Waals surface area contributed by atoms with Crippen molar-refractivity contribution in [2.24, 2.45) is 5.92 Å². The summed E-state index contributed by atoms with van der Waals surface area (Å²) in [6.07, 6.45) is 10.5. The number of rotatable bonds is 5. The number of carbonyl (C=O) groups excluding carboxylic acids is 1. The first kappa shape index (κ1) is 16.8. The van der Waals surface area contributed by atoms with Gasteiger partial charge in [0.05, 0.1) is 5.69 Å². The van der Waals surface area contributed by atoms with E-state index in [1.165, 1.54) is 25.7 Å². The highest BCUT2D eigenvalue weighted by Gasteiger charge is 2.16. The zero-order valence-electron chi connectivity index (χ0n) is 15.1. The average Bonchev–Trinajstić information content (AvgIpc) is 3.29. The summed E-state index contributed by atoms with van der Waals surface area (Å²) in [4.78, 5) is 21.2. The van der Waals surface area contributed by atoms with Gasteiger partial charge in [-0.15, -0.1) is 0 Å². The summed E-state index contributed by atoms with van der Waals surface area (Å²) in [5, 5.41) is 3.04. The highest BCUT2D eigenvalue weighted by atomic mass is 16.1. The fourth-order valence-corrected chi connectivity index (χ4v) is 3.88. The fraction of sp³-hybridized carbons (Fsp3) is 0.381. The maximum absolute atomic E-state index is 12.3. The second-order valence-corrected chi connectivity index (χ2v) is 7.15. The van der Waals surface area contributed by atoms with Crippen LogP contribution in [0.5, 0.6) is 0 Å². The quantitative estimate of drug-likeness (QED) is 0.732. The van der Waals surface area contributed by atoms with Crippen molar-refractivity contribution in [1.29, 1.82) is 0 Å². The molecule has 3 aromatic rings. The van der Waals surface area contributed by atoms with Gasteiger partial charge in [0.1, 0.15) is 0 Å². The normalized spacial score (nSPS) is 14.8. The fourth-order valence-electron chi connectivity index (χ4n) is 3.88. The van der Waals surface area contributed by atoms with Crippen LogP contribution in [0, 0.1) is 12.8 Å². The Labute approximate surface area is 153 Å². The number of anilines is 1. The van der Waals surface area contributed by atoms with Gasteiger partial charge in [-0.3, -0.25) is 9.20 Å². The number of amides is 1. The maximum Gasteiger partial charge on any atom is 0.234 e. The lowest BCUT2D eigenvalue weighted by Crippen LogP contribution is -2.12. The second kappa shape index (κ2) is 7.28. The molecule has 0 aliphatic heterocycles. The van der Waals surface area contributed by atoms with Crippen molar-refractivity contribution in [3.63, 3.8) is 0 Å². The van der Waals surface area contributed by atoms with Crippen molar-refractivity contribution in [2.75, 3.05) is 5.32 Å². The first-order chi connectivity index (χ1) is 12.7. The minimum atomic E-state index is 0.0995. The standard InChI is InChI=1S/C21H24N4O/c1-15-20(24-21-22-12-5-13-25(15)21)17-8-4-9-18(14-17)23-19(26)11-10-16-6-2-3-7-16/h4-5,8-9,12-14,16H,2-3,6-7,10-11H2,1H3,(H,23,26). The van der Waals surface area contributed by atoms with E-state index in [1.807, 2.05) is 47.9 Å². The molecule has 0 spiro atoms. The summed E-state index contributed by atoms with van der Waals surface area (Å²) in [5.41, 5.74) is 3.74. The molecule has 26 heavy (non-hydrogen) atoms. The number of imidazole rings is 1. The number of aromatic nitrogens is 3. The van der Waals surface area contributed by atoms with Crippen LogP contribution in [0.2, 0.25) is 0 Å². The van der Waals surface area contributed by atoms with E-state index in [9.17, 15) is 4.79 Å². The molecule has 0 atom stereocenters. The highest BCUT2D eigenvalue weighted by Crippen LogP contribution is 2.29. The number of fused-ring (bicyclic) bond motifs is 1. The van der Waals surface area contributed by atoms with Gasteiger partial charge >= 0.3 is 0 Å². The third-order valence-electron chi connectivity index (χ3n) is 5.32. The summed E-state index contributed by atoms with van der Waals surface area (Å²) >= 11 is 0. The number of aryl methyl sites for hydroxylation is 1. The van der Waals surface area contributed by atoms with Gasteiger partial charge in [0.2, 0.25) is 11.7 Å². The Morgan fingerprint density at radius 1 is 1.27 bits per heavy atom. The Balaban J connectivity index is 1.49. The van der Waals surface area contributed by atoms with E-state index in [-0.39, 0.29) is 5.91 Å². The highest BCUT2D eigenvalue weighted by molar-refractivity contribution is 5.91. The zero-order valence-corrected chi connectivity index (χ0v) is 15.1. The molecule has 5 heteroatoms. The molecule has 1 N–H and O–H groups in total. The molecule has 1 aliphatic carbocycles. The van der Waals surface area contributed by atoms with Gasteiger partial charge in [0.25, 0.3) is 0 Å². The van der Waals surface area contributed by atoms with Crippen LogP contribution < -0.4 is 5.32 Å². The monoisotopic (exact) mass is 348 g/mol. The minimum Gasteiger partial charge on any atom is -0.326 e. The van der Waals surface area contributed by atoms with Gasteiger partial charge < -0.3 is 5.32 Å². The van der Waals surface area contributed by atoms with Crippen LogP contribution in [-0.2, 0) is 4.79 Å². The Morgan fingerprint density at radius 2 is 2.12 bits per heavy atom. The van der Waals surface area contributed by atoms with Crippen molar-refractivity contribution in [3.8, 4) is 11.3 Å². The first-order valence-electron chi connectivity index (χ1n) is 9.40. The maximum atomic E-state index is 12.3. The molecule has 4 rings (SSSR count). The molecular weight excluding hydrogens is 324 g/mol. The molecule has 0 bridgehead atoms. The first-order valence-corrected chi connectivity index (χ1v) is 9.40. The lowest BCUT2D eigenvalue weighted by Gasteiger charge is -2.10. The van der Waals surface area contributed by atoms with E-state index >= 15 is 0 Å². The molecule has 0 unspecified atom stereocenters. The van der Waals surface area contributed by atoms with Gasteiger partial charge in [-0.2, -0.15) is 0 Å². The van der Waals surface area contributed by atoms with E-state index < -0.39 is 0 Å². The number of hydrogen-bond donors (Lipinski definition) is 1. The van der Waals surface area contributed by atoms with Crippen molar-refractivity contribution in [2.45, 2.75) is 45.4 Å². The molecule has 2 aromatic heterocycles. The van der Waals surface area contributed by atoms with Gasteiger partial charge in [-0.05, 0) is 37.5 Å². The lowest BCUT2D eigenvalue weighted by molar-refractivity contribution is -0.116.